The monoisotopic (exact) mass is 338 g/mol. The molecule has 3 rings (SSSR count). The summed E-state index contributed by atoms with van der Waals surface area (Å²) in [4.78, 5) is 4.50. The SMILES string of the molecule is CCCCOc1ccccc1OCCn1cnc2cc(C)c(C)cc21. The van der Waals surface area contributed by atoms with E-state index in [1.807, 2.05) is 30.6 Å². The highest BCUT2D eigenvalue weighted by Crippen LogP contribution is 2.27. The first kappa shape index (κ1) is 17.3. The molecule has 2 aromatic carbocycles. The van der Waals surface area contributed by atoms with Crippen molar-refractivity contribution in [1.82, 2.24) is 9.55 Å². The zero-order valence-electron chi connectivity index (χ0n) is 15.3. The molecule has 0 aliphatic carbocycles. The molecule has 1 heterocycles. The molecule has 132 valence electrons. The highest BCUT2D eigenvalue weighted by atomic mass is 16.5. The predicted molar refractivity (Wildman–Crippen MR) is 102 cm³/mol. The molecule has 0 bridgehead atoms. The predicted octanol–water partition coefficient (Wildman–Crippen LogP) is 4.91. The number of imidazole rings is 1. The summed E-state index contributed by atoms with van der Waals surface area (Å²) >= 11 is 0. The zero-order chi connectivity index (χ0) is 17.6. The first-order valence-electron chi connectivity index (χ1n) is 8.95. The molecule has 0 aliphatic rings. The van der Waals surface area contributed by atoms with Crippen molar-refractivity contribution in [3.8, 4) is 11.5 Å². The Labute approximate surface area is 149 Å². The number of rotatable bonds is 8. The summed E-state index contributed by atoms with van der Waals surface area (Å²) in [6.07, 6.45) is 4.06. The maximum absolute atomic E-state index is 5.97. The van der Waals surface area contributed by atoms with Gasteiger partial charge in [0.15, 0.2) is 11.5 Å². The first-order valence-corrected chi connectivity index (χ1v) is 8.95. The van der Waals surface area contributed by atoms with E-state index in [1.54, 1.807) is 0 Å². The summed E-state index contributed by atoms with van der Waals surface area (Å²) in [5.41, 5.74) is 4.74. The average Bonchev–Trinajstić information content (AvgIpc) is 2.99. The Bertz CT molecular complexity index is 839. The van der Waals surface area contributed by atoms with Crippen LogP contribution in [0.1, 0.15) is 30.9 Å². The van der Waals surface area contributed by atoms with Gasteiger partial charge in [-0.2, -0.15) is 0 Å². The number of aryl methyl sites for hydroxylation is 2. The molecule has 4 nitrogen and oxygen atoms in total. The van der Waals surface area contributed by atoms with Crippen molar-refractivity contribution in [2.45, 2.75) is 40.2 Å². The van der Waals surface area contributed by atoms with Crippen LogP contribution in [0.15, 0.2) is 42.7 Å². The van der Waals surface area contributed by atoms with Crippen LogP contribution in [0, 0.1) is 13.8 Å². The second-order valence-electron chi connectivity index (χ2n) is 6.36. The Hall–Kier alpha value is -2.49. The largest absolute Gasteiger partial charge is 0.490 e. The Morgan fingerprint density at radius 1 is 0.960 bits per heavy atom. The van der Waals surface area contributed by atoms with Gasteiger partial charge in [0.25, 0.3) is 0 Å². The molecule has 0 spiro atoms. The molecule has 0 amide bonds. The number of fused-ring (bicyclic) bond motifs is 1. The highest BCUT2D eigenvalue weighted by Gasteiger charge is 2.07. The first-order chi connectivity index (χ1) is 12.2. The standard InChI is InChI=1S/C21H26N2O2/c1-4-5-11-24-20-8-6-7-9-21(20)25-12-10-23-15-22-18-13-16(2)17(3)14-19(18)23/h6-9,13-15H,4-5,10-12H2,1-3H3. The lowest BCUT2D eigenvalue weighted by molar-refractivity contribution is 0.258. The van der Waals surface area contributed by atoms with Crippen LogP contribution in [0.5, 0.6) is 11.5 Å². The van der Waals surface area contributed by atoms with Crippen molar-refractivity contribution in [2.75, 3.05) is 13.2 Å². The van der Waals surface area contributed by atoms with Crippen molar-refractivity contribution in [2.24, 2.45) is 0 Å². The van der Waals surface area contributed by atoms with Gasteiger partial charge in [0.2, 0.25) is 0 Å². The minimum absolute atomic E-state index is 0.576. The number of benzene rings is 2. The van der Waals surface area contributed by atoms with E-state index in [-0.39, 0.29) is 0 Å². The lowest BCUT2D eigenvalue weighted by atomic mass is 10.1. The van der Waals surface area contributed by atoms with Crippen LogP contribution >= 0.6 is 0 Å². The van der Waals surface area contributed by atoms with Gasteiger partial charge in [-0.3, -0.25) is 0 Å². The summed E-state index contributed by atoms with van der Waals surface area (Å²) in [5.74, 6) is 1.62. The Kier molecular flexibility index (Phi) is 5.59. The van der Waals surface area contributed by atoms with Gasteiger partial charge >= 0.3 is 0 Å². The smallest absolute Gasteiger partial charge is 0.161 e. The highest BCUT2D eigenvalue weighted by molar-refractivity contribution is 5.77. The summed E-state index contributed by atoms with van der Waals surface area (Å²) in [7, 11) is 0. The van der Waals surface area contributed by atoms with Crippen molar-refractivity contribution in [1.29, 1.82) is 0 Å². The van der Waals surface area contributed by atoms with E-state index in [0.29, 0.717) is 6.61 Å². The summed E-state index contributed by atoms with van der Waals surface area (Å²) in [6, 6.07) is 12.2. The van der Waals surface area contributed by atoms with Crippen LogP contribution < -0.4 is 9.47 Å². The fourth-order valence-corrected chi connectivity index (χ4v) is 2.76. The van der Waals surface area contributed by atoms with Crippen molar-refractivity contribution in [3.05, 3.63) is 53.9 Å². The molecular formula is C21H26N2O2. The van der Waals surface area contributed by atoms with E-state index in [4.69, 9.17) is 9.47 Å². The van der Waals surface area contributed by atoms with Crippen molar-refractivity contribution < 1.29 is 9.47 Å². The Balaban J connectivity index is 1.65. The topological polar surface area (TPSA) is 36.3 Å². The van der Waals surface area contributed by atoms with E-state index in [9.17, 15) is 0 Å². The second-order valence-corrected chi connectivity index (χ2v) is 6.36. The summed E-state index contributed by atoms with van der Waals surface area (Å²) < 4.78 is 13.9. The molecule has 0 radical (unpaired) electrons. The molecule has 0 saturated carbocycles. The average molecular weight is 338 g/mol. The molecule has 0 atom stereocenters. The van der Waals surface area contributed by atoms with Gasteiger partial charge in [-0.1, -0.05) is 25.5 Å². The van der Waals surface area contributed by atoms with E-state index in [0.717, 1.165) is 48.5 Å². The van der Waals surface area contributed by atoms with Gasteiger partial charge < -0.3 is 14.0 Å². The molecule has 0 aliphatic heterocycles. The van der Waals surface area contributed by atoms with E-state index in [1.165, 1.54) is 11.1 Å². The lowest BCUT2D eigenvalue weighted by Crippen LogP contribution is -2.08. The molecule has 1 aromatic heterocycles. The molecular weight excluding hydrogens is 312 g/mol. The lowest BCUT2D eigenvalue weighted by Gasteiger charge is -2.13. The number of ether oxygens (including phenoxy) is 2. The van der Waals surface area contributed by atoms with Gasteiger partial charge in [0.1, 0.15) is 6.61 Å². The van der Waals surface area contributed by atoms with Crippen molar-refractivity contribution >= 4 is 11.0 Å². The molecule has 0 fully saturated rings. The Morgan fingerprint density at radius 2 is 1.64 bits per heavy atom. The van der Waals surface area contributed by atoms with Gasteiger partial charge in [0.05, 0.1) is 30.5 Å². The molecule has 3 aromatic rings. The number of nitrogens with zero attached hydrogens (tertiary/aromatic N) is 2. The fraction of sp³-hybridized carbons (Fsp3) is 0.381. The van der Waals surface area contributed by atoms with Crippen molar-refractivity contribution in [3.63, 3.8) is 0 Å². The fourth-order valence-electron chi connectivity index (χ4n) is 2.76. The number of hydrogen-bond donors (Lipinski definition) is 0. The number of aromatic nitrogens is 2. The summed E-state index contributed by atoms with van der Waals surface area (Å²) in [5, 5.41) is 0. The van der Waals surface area contributed by atoms with Gasteiger partial charge in [-0.15, -0.1) is 0 Å². The van der Waals surface area contributed by atoms with Crippen LogP contribution in [-0.2, 0) is 6.54 Å². The molecule has 0 saturated heterocycles. The number of hydrogen-bond acceptors (Lipinski definition) is 3. The zero-order valence-corrected chi connectivity index (χ0v) is 15.3. The van der Waals surface area contributed by atoms with Gasteiger partial charge in [-0.05, 0) is 55.7 Å². The van der Waals surface area contributed by atoms with Crippen LogP contribution in [0.4, 0.5) is 0 Å². The normalized spacial score (nSPS) is 11.0. The minimum Gasteiger partial charge on any atom is -0.490 e. The molecule has 0 unspecified atom stereocenters. The van der Waals surface area contributed by atoms with Crippen LogP contribution in [0.2, 0.25) is 0 Å². The summed E-state index contributed by atoms with van der Waals surface area (Å²) in [6.45, 7) is 8.46. The molecule has 4 heteroatoms. The minimum atomic E-state index is 0.576. The molecule has 25 heavy (non-hydrogen) atoms. The third kappa shape index (κ3) is 4.13. The van der Waals surface area contributed by atoms with Gasteiger partial charge in [0, 0.05) is 0 Å². The van der Waals surface area contributed by atoms with E-state index >= 15 is 0 Å². The van der Waals surface area contributed by atoms with Gasteiger partial charge in [-0.25, -0.2) is 4.98 Å². The maximum Gasteiger partial charge on any atom is 0.161 e. The number of para-hydroxylation sites is 2. The maximum atomic E-state index is 5.97. The number of unbranched alkanes of at least 4 members (excludes halogenated alkanes) is 1. The molecule has 0 N–H and O–H groups in total. The van der Waals surface area contributed by atoms with E-state index < -0.39 is 0 Å². The Morgan fingerprint density at radius 3 is 2.36 bits per heavy atom. The van der Waals surface area contributed by atoms with E-state index in [2.05, 4.69) is 42.5 Å². The second kappa shape index (κ2) is 8.06. The van der Waals surface area contributed by atoms with Crippen LogP contribution in [-0.4, -0.2) is 22.8 Å². The third-order valence-electron chi connectivity index (χ3n) is 4.43. The van der Waals surface area contributed by atoms with Crippen LogP contribution in [0.3, 0.4) is 0 Å². The quantitative estimate of drug-likeness (QED) is 0.548. The third-order valence-corrected chi connectivity index (χ3v) is 4.43. The van der Waals surface area contributed by atoms with Crippen LogP contribution in [0.25, 0.3) is 11.0 Å².